The lowest BCUT2D eigenvalue weighted by molar-refractivity contribution is -0.203. The summed E-state index contributed by atoms with van der Waals surface area (Å²) in [5, 5.41) is 16.7. The monoisotopic (exact) mass is 581 g/mol. The van der Waals surface area contributed by atoms with Crippen LogP contribution >= 0.6 is 0 Å². The number of carboxylic acids is 1. The SMILES string of the molecule is C[C@H](CCC(=O)O)[C@H]1CCC2C3C(CC[C@@]21C)[C@@]1(C)CC[C@H](NCCCCNCc2ccccn2)C[C@]1(C)C[C@H]3O[NH-]. The van der Waals surface area contributed by atoms with Gasteiger partial charge in [0, 0.05) is 31.3 Å². The normalized spacial score (nSPS) is 40.1. The van der Waals surface area contributed by atoms with Gasteiger partial charge >= 0.3 is 5.97 Å². The lowest BCUT2D eigenvalue weighted by atomic mass is 9.39. The number of fused-ring (bicyclic) bond motifs is 5. The van der Waals surface area contributed by atoms with Crippen LogP contribution in [0.1, 0.15) is 110 Å². The van der Waals surface area contributed by atoms with Crippen LogP contribution in [0.3, 0.4) is 0 Å². The summed E-state index contributed by atoms with van der Waals surface area (Å²) in [6.07, 6.45) is 14.8. The third kappa shape index (κ3) is 6.18. The minimum atomic E-state index is -0.675. The van der Waals surface area contributed by atoms with Crippen molar-refractivity contribution in [1.82, 2.24) is 15.6 Å². The van der Waals surface area contributed by atoms with Crippen LogP contribution in [0, 0.1) is 45.8 Å². The Balaban J connectivity index is 1.16. The van der Waals surface area contributed by atoms with E-state index in [1.54, 1.807) is 0 Å². The maximum atomic E-state index is 11.3. The summed E-state index contributed by atoms with van der Waals surface area (Å²) in [6.45, 7) is 12.8. The Kier molecular flexibility index (Phi) is 10.0. The highest BCUT2D eigenvalue weighted by atomic mass is 16.6. The summed E-state index contributed by atoms with van der Waals surface area (Å²) >= 11 is 0. The first-order valence-corrected chi connectivity index (χ1v) is 17.0. The molecule has 7 nitrogen and oxygen atoms in total. The number of hydrogen-bond donors (Lipinski definition) is 3. The number of hydrogen-bond acceptors (Lipinski definition) is 5. The second kappa shape index (κ2) is 13.2. The first kappa shape index (κ1) is 31.9. The van der Waals surface area contributed by atoms with Crippen LogP contribution in [0.4, 0.5) is 0 Å². The van der Waals surface area contributed by atoms with Gasteiger partial charge in [0.1, 0.15) is 0 Å². The van der Waals surface area contributed by atoms with E-state index in [-0.39, 0.29) is 28.8 Å². The highest BCUT2D eigenvalue weighted by Crippen LogP contribution is 2.71. The van der Waals surface area contributed by atoms with E-state index in [4.69, 9.17) is 10.7 Å². The zero-order valence-corrected chi connectivity index (χ0v) is 26.7. The number of nitrogens with zero attached hydrogens (tertiary/aromatic N) is 1. The molecule has 0 amide bonds. The van der Waals surface area contributed by atoms with Crippen LogP contribution in [-0.2, 0) is 16.2 Å². The fourth-order valence-electron chi connectivity index (χ4n) is 10.9. The molecule has 42 heavy (non-hydrogen) atoms. The average molecular weight is 582 g/mol. The fraction of sp³-hybridized carbons (Fsp3) is 0.829. The molecule has 4 fully saturated rings. The van der Waals surface area contributed by atoms with E-state index in [1.165, 1.54) is 51.4 Å². The topological polar surface area (TPSA) is 107 Å². The molecule has 5 rings (SSSR count). The Morgan fingerprint density at radius 3 is 2.64 bits per heavy atom. The van der Waals surface area contributed by atoms with Crippen LogP contribution in [0.5, 0.6) is 0 Å². The summed E-state index contributed by atoms with van der Waals surface area (Å²) in [7, 11) is 0. The van der Waals surface area contributed by atoms with Gasteiger partial charge in [0.15, 0.2) is 0 Å². The number of unbranched alkanes of at least 4 members (excludes halogenated alkanes) is 1. The predicted octanol–water partition coefficient (Wildman–Crippen LogP) is 7.42. The van der Waals surface area contributed by atoms with Crippen LogP contribution < -0.4 is 10.6 Å². The molecule has 1 heterocycles. The number of aromatic nitrogens is 1. The second-order valence-electron chi connectivity index (χ2n) is 15.4. The smallest absolute Gasteiger partial charge is 0.303 e. The molecule has 0 bridgehead atoms. The van der Waals surface area contributed by atoms with Gasteiger partial charge in [0.25, 0.3) is 0 Å². The molecular formula is C35H57N4O3-. The lowest BCUT2D eigenvalue weighted by Gasteiger charge is -2.67. The van der Waals surface area contributed by atoms with Gasteiger partial charge in [-0.15, -0.1) is 0 Å². The molecule has 10 atom stereocenters. The minimum absolute atomic E-state index is 0.00899. The molecule has 4 N–H and O–H groups in total. The third-order valence-corrected chi connectivity index (χ3v) is 13.3. The van der Waals surface area contributed by atoms with Crippen molar-refractivity contribution in [3.8, 4) is 0 Å². The molecule has 4 aliphatic carbocycles. The molecule has 0 aromatic carbocycles. The first-order chi connectivity index (χ1) is 20.1. The van der Waals surface area contributed by atoms with Gasteiger partial charge in [-0.1, -0.05) is 33.8 Å². The number of carboxylic acid groups (broad SMARTS) is 1. The molecule has 7 heteroatoms. The lowest BCUT2D eigenvalue weighted by Crippen LogP contribution is -2.63. The molecule has 4 saturated carbocycles. The Labute approximate surface area is 254 Å². The maximum absolute atomic E-state index is 11.3. The van der Waals surface area contributed by atoms with Gasteiger partial charge in [-0.05, 0) is 142 Å². The third-order valence-electron chi connectivity index (χ3n) is 13.3. The standard InChI is InChI=1S/C35H57N4O3/c1-24(10-13-31(40)41)27-11-12-28-32-29(15-16-34(27,28)3)35(4)17-14-25(21-33(35,2)22-30(32)42-36)38-20-8-7-18-37-23-26-9-5-6-19-39-26/h5-6,9,19,24-25,27-30,32,36-38H,7-8,10-18,20-23H2,1-4H3,(H,40,41)/q-1/t24-,25+,27-,28?,29?,30-,32?,33-,34-,35-/m1/s1. The fourth-order valence-corrected chi connectivity index (χ4v) is 10.9. The van der Waals surface area contributed by atoms with Gasteiger partial charge in [-0.25, -0.2) is 0 Å². The summed E-state index contributed by atoms with van der Waals surface area (Å²) in [5.74, 6) is 10.3. The van der Waals surface area contributed by atoms with Crippen molar-refractivity contribution in [3.63, 3.8) is 0 Å². The molecule has 236 valence electrons. The highest BCUT2D eigenvalue weighted by molar-refractivity contribution is 5.66. The van der Waals surface area contributed by atoms with Gasteiger partial charge in [0.05, 0.1) is 5.69 Å². The second-order valence-corrected chi connectivity index (χ2v) is 15.4. The highest BCUT2D eigenvalue weighted by Gasteiger charge is 2.65. The Bertz CT molecular complexity index is 1040. The van der Waals surface area contributed by atoms with Crippen molar-refractivity contribution in [3.05, 3.63) is 36.0 Å². The van der Waals surface area contributed by atoms with E-state index >= 15 is 0 Å². The van der Waals surface area contributed by atoms with Crippen LogP contribution in [0.25, 0.3) is 5.90 Å². The van der Waals surface area contributed by atoms with Crippen molar-refractivity contribution in [1.29, 1.82) is 0 Å². The summed E-state index contributed by atoms with van der Waals surface area (Å²) in [5.41, 5.74) is 1.81. The van der Waals surface area contributed by atoms with Gasteiger partial charge in [-0.2, -0.15) is 0 Å². The summed E-state index contributed by atoms with van der Waals surface area (Å²) in [6, 6.07) is 6.61. The molecule has 3 unspecified atom stereocenters. The molecule has 0 radical (unpaired) electrons. The van der Waals surface area contributed by atoms with E-state index in [2.05, 4.69) is 49.4 Å². The Morgan fingerprint density at radius 1 is 1.10 bits per heavy atom. The first-order valence-electron chi connectivity index (χ1n) is 17.0. The average Bonchev–Trinajstić information content (AvgIpc) is 3.33. The van der Waals surface area contributed by atoms with Gasteiger partial charge in [-0.3, -0.25) is 9.78 Å². The zero-order valence-electron chi connectivity index (χ0n) is 26.7. The van der Waals surface area contributed by atoms with E-state index < -0.39 is 5.97 Å². The van der Waals surface area contributed by atoms with E-state index in [0.717, 1.165) is 44.6 Å². The molecular weight excluding hydrogens is 524 g/mol. The molecule has 1 aromatic heterocycles. The van der Waals surface area contributed by atoms with Crippen molar-refractivity contribution in [2.75, 3.05) is 13.1 Å². The van der Waals surface area contributed by atoms with E-state index in [9.17, 15) is 9.90 Å². The number of rotatable bonds is 13. The van der Waals surface area contributed by atoms with Crippen LogP contribution in [-0.4, -0.2) is 41.3 Å². The molecule has 4 aliphatic rings. The van der Waals surface area contributed by atoms with Gasteiger partial charge in [0.2, 0.25) is 0 Å². The number of carbonyl (C=O) groups is 1. The van der Waals surface area contributed by atoms with E-state index in [1.807, 2.05) is 18.3 Å². The Hall–Kier alpha value is -1.54. The molecule has 0 aliphatic heterocycles. The van der Waals surface area contributed by atoms with Crippen molar-refractivity contribution < 1.29 is 14.7 Å². The molecule has 0 saturated heterocycles. The summed E-state index contributed by atoms with van der Waals surface area (Å²) in [4.78, 5) is 21.4. The number of nitrogens with one attached hydrogen (secondary N) is 3. The largest absolute Gasteiger partial charge is 0.549 e. The minimum Gasteiger partial charge on any atom is -0.549 e. The van der Waals surface area contributed by atoms with Crippen molar-refractivity contribution in [2.24, 2.45) is 45.8 Å². The Morgan fingerprint density at radius 2 is 1.90 bits per heavy atom. The quantitative estimate of drug-likeness (QED) is 0.165. The van der Waals surface area contributed by atoms with Crippen LogP contribution in [0.15, 0.2) is 24.4 Å². The molecule has 0 spiro atoms. The zero-order chi connectivity index (χ0) is 30.0. The maximum Gasteiger partial charge on any atom is 0.303 e. The number of aliphatic carboxylic acids is 1. The number of pyridine rings is 1. The van der Waals surface area contributed by atoms with Crippen molar-refractivity contribution in [2.45, 2.75) is 123 Å². The summed E-state index contributed by atoms with van der Waals surface area (Å²) < 4.78 is 0. The van der Waals surface area contributed by atoms with Crippen LogP contribution in [0.2, 0.25) is 0 Å². The molecule has 1 aromatic rings. The predicted molar refractivity (Wildman–Crippen MR) is 167 cm³/mol. The van der Waals surface area contributed by atoms with Gasteiger partial charge < -0.3 is 26.5 Å². The van der Waals surface area contributed by atoms with Crippen molar-refractivity contribution >= 4 is 5.97 Å². The van der Waals surface area contributed by atoms with E-state index in [0.29, 0.717) is 35.6 Å².